The standard InChI is InChI=1S/C45H47N3O16/c1-23-17-24(2)19-27(18-23)36-34-26(12-14-47-34)21-48(36)64-40-44(61-29-10-11-30-32(20-29)60-22-31(37(30)53)25-6-8-28(51)9-7-25)62-38(39(54)45(40,59)33(52)5-3-15-49)43(58)63-42(57)35(41(55)56)46-13-4-16-50/h6-12,14,16-22,33,35,38-40,43-44,46-47,49,51-52,54,58-59H,3-5,13,15H2,1-2H3,(H,55,56)/t33-,35-,38-,39+,40-,43+,44+,45-/m1/s1. The maximum Gasteiger partial charge on any atom is 0.337 e. The van der Waals surface area contributed by atoms with Crippen molar-refractivity contribution in [2.24, 2.45) is 0 Å². The highest BCUT2D eigenvalue weighted by molar-refractivity contribution is 5.98. The van der Waals surface area contributed by atoms with Crippen LogP contribution >= 0.6 is 0 Å². The molecule has 0 aliphatic carbocycles. The van der Waals surface area contributed by atoms with Gasteiger partial charge in [-0.3, -0.25) is 10.1 Å². The molecule has 19 heteroatoms. The average Bonchev–Trinajstić information content (AvgIpc) is 3.85. The van der Waals surface area contributed by atoms with E-state index in [2.05, 4.69) is 10.3 Å². The molecule has 0 bridgehead atoms. The molecule has 19 nitrogen and oxygen atoms in total. The first-order valence-electron chi connectivity index (χ1n) is 20.2. The Bertz CT molecular complexity index is 2670. The van der Waals surface area contributed by atoms with Crippen LogP contribution in [-0.2, 0) is 23.9 Å². The Morgan fingerprint density at radius 3 is 2.45 bits per heavy atom. The van der Waals surface area contributed by atoms with Crippen LogP contribution in [0, 0.1) is 13.8 Å². The number of benzene rings is 3. The van der Waals surface area contributed by atoms with E-state index in [1.807, 2.05) is 32.0 Å². The zero-order valence-corrected chi connectivity index (χ0v) is 34.5. The first kappa shape index (κ1) is 45.4. The molecule has 1 aliphatic heterocycles. The molecule has 1 aliphatic rings. The number of aromatic nitrogens is 2. The van der Waals surface area contributed by atoms with Crippen LogP contribution in [0.15, 0.2) is 94.6 Å². The van der Waals surface area contributed by atoms with E-state index < -0.39 is 72.6 Å². The summed E-state index contributed by atoms with van der Waals surface area (Å²) in [5, 5.41) is 80.2. The summed E-state index contributed by atoms with van der Waals surface area (Å²) in [6.45, 7) is 3.11. The molecule has 7 rings (SSSR count). The zero-order chi connectivity index (χ0) is 45.9. The third-order valence-electron chi connectivity index (χ3n) is 11.0. The summed E-state index contributed by atoms with van der Waals surface area (Å²) < 4.78 is 24.6. The number of phenols is 1. The van der Waals surface area contributed by atoms with E-state index in [1.165, 1.54) is 41.3 Å². The van der Waals surface area contributed by atoms with Gasteiger partial charge in [0.05, 0.1) is 28.8 Å². The third kappa shape index (κ3) is 9.08. The van der Waals surface area contributed by atoms with E-state index in [0.29, 0.717) is 34.0 Å². The van der Waals surface area contributed by atoms with E-state index in [-0.39, 0.29) is 53.8 Å². The number of ether oxygens (including phenoxy) is 3. The van der Waals surface area contributed by atoms with Crippen LogP contribution in [0.2, 0.25) is 0 Å². The molecule has 9 N–H and O–H groups in total. The van der Waals surface area contributed by atoms with Crippen molar-refractivity contribution in [2.45, 2.75) is 81.7 Å². The molecular formula is C45H47N3O16. The Hall–Kier alpha value is -6.58. The number of aromatic amines is 1. The lowest BCUT2D eigenvalue weighted by atomic mass is 9.77. The summed E-state index contributed by atoms with van der Waals surface area (Å²) in [5.74, 6) is -3.36. The van der Waals surface area contributed by atoms with Gasteiger partial charge in [-0.05, 0) is 74.7 Å². The van der Waals surface area contributed by atoms with Gasteiger partial charge in [-0.25, -0.2) is 9.59 Å². The highest BCUT2D eigenvalue weighted by Crippen LogP contribution is 2.40. The normalized spacial score (nSPS) is 21.3. The predicted octanol–water partition coefficient (Wildman–Crippen LogP) is 2.05. The first-order chi connectivity index (χ1) is 30.6. The fourth-order valence-corrected chi connectivity index (χ4v) is 7.85. The summed E-state index contributed by atoms with van der Waals surface area (Å²) in [7, 11) is 0. The van der Waals surface area contributed by atoms with E-state index in [9.17, 15) is 54.9 Å². The van der Waals surface area contributed by atoms with Crippen LogP contribution in [0.1, 0.15) is 30.4 Å². The van der Waals surface area contributed by atoms with Crippen LogP contribution in [0.25, 0.3) is 44.3 Å². The number of nitrogens with one attached hydrogen (secondary N) is 2. The molecule has 4 heterocycles. The second-order valence-corrected chi connectivity index (χ2v) is 15.5. The van der Waals surface area contributed by atoms with Crippen molar-refractivity contribution in [1.29, 1.82) is 0 Å². The van der Waals surface area contributed by atoms with Crippen LogP contribution < -0.4 is 20.3 Å². The van der Waals surface area contributed by atoms with Gasteiger partial charge >= 0.3 is 11.9 Å². The van der Waals surface area contributed by atoms with Gasteiger partial charge in [-0.1, -0.05) is 29.3 Å². The highest BCUT2D eigenvalue weighted by atomic mass is 16.8. The number of aliphatic hydroxyl groups is 5. The summed E-state index contributed by atoms with van der Waals surface area (Å²) >= 11 is 0. The summed E-state index contributed by atoms with van der Waals surface area (Å²) in [5.41, 5.74) is 0.892. The lowest BCUT2D eigenvalue weighted by molar-refractivity contribution is -0.361. The number of phenolic OH excluding ortho intramolecular Hbond substituents is 1. The smallest absolute Gasteiger partial charge is 0.337 e. The SMILES string of the molecule is Cc1cc(C)cc(-c2c3[nH]ccc3cn2O[C@@H]2[C@@H](Oc3ccc4c(=O)c(-c5ccc(O)cc5)coc4c3)O[C@@H]([C@@H](O)OC(=O)[C@H](NCCC=O)C(=O)O)[C@H](O)[C@]2(O)[C@H](O)CCCO)c1. The summed E-state index contributed by atoms with van der Waals surface area (Å²) in [4.78, 5) is 59.3. The number of aldehydes is 1. The quantitative estimate of drug-likeness (QED) is 0.0196. The number of aliphatic carboxylic acids is 1. The number of aryl methyl sites for hydroxylation is 2. The number of aromatic hydroxyl groups is 1. The van der Waals surface area contributed by atoms with Crippen molar-refractivity contribution in [3.8, 4) is 33.9 Å². The van der Waals surface area contributed by atoms with Crippen molar-refractivity contribution in [3.63, 3.8) is 0 Å². The molecule has 0 saturated carbocycles. The van der Waals surface area contributed by atoms with E-state index >= 15 is 0 Å². The van der Waals surface area contributed by atoms with Crippen molar-refractivity contribution < 1.29 is 73.6 Å². The third-order valence-corrected chi connectivity index (χ3v) is 11.0. The van der Waals surface area contributed by atoms with Gasteiger partial charge in [-0.2, -0.15) is 4.73 Å². The lowest BCUT2D eigenvalue weighted by Gasteiger charge is -2.51. The topological polar surface area (TPSA) is 293 Å². The fourth-order valence-electron chi connectivity index (χ4n) is 7.85. The largest absolute Gasteiger partial charge is 0.508 e. The molecule has 1 fully saturated rings. The van der Waals surface area contributed by atoms with Crippen molar-refractivity contribution >= 4 is 40.1 Å². The number of carbonyl (C=O) groups is 3. The Morgan fingerprint density at radius 2 is 1.77 bits per heavy atom. The Labute approximate surface area is 363 Å². The average molecular weight is 886 g/mol. The number of hydrogen-bond donors (Lipinski definition) is 9. The van der Waals surface area contributed by atoms with Gasteiger partial charge in [0, 0.05) is 42.8 Å². The fraction of sp³-hybridized carbons (Fsp3) is 0.333. The van der Waals surface area contributed by atoms with Crippen molar-refractivity contribution in [1.82, 2.24) is 15.0 Å². The van der Waals surface area contributed by atoms with E-state index in [1.54, 1.807) is 30.6 Å². The minimum atomic E-state index is -2.91. The molecule has 0 spiro atoms. The number of rotatable bonds is 18. The van der Waals surface area contributed by atoms with Gasteiger partial charge in [0.15, 0.2) is 17.1 Å². The van der Waals surface area contributed by atoms with Gasteiger partial charge < -0.3 is 69.0 Å². The lowest BCUT2D eigenvalue weighted by Crippen LogP contribution is -2.75. The zero-order valence-electron chi connectivity index (χ0n) is 34.5. The van der Waals surface area contributed by atoms with E-state index in [4.69, 9.17) is 23.5 Å². The molecule has 3 aromatic carbocycles. The summed E-state index contributed by atoms with van der Waals surface area (Å²) in [6, 6.07) is 15.4. The molecule has 0 unspecified atom stereocenters. The van der Waals surface area contributed by atoms with Crippen molar-refractivity contribution in [3.05, 3.63) is 107 Å². The van der Waals surface area contributed by atoms with Crippen LogP contribution in [0.4, 0.5) is 0 Å². The number of carbonyl (C=O) groups excluding carboxylic acids is 2. The minimum Gasteiger partial charge on any atom is -0.508 e. The number of fused-ring (bicyclic) bond motifs is 2. The molecule has 0 amide bonds. The number of aliphatic hydroxyl groups excluding tert-OH is 4. The number of carboxylic acids is 1. The number of H-pyrrole nitrogens is 1. The van der Waals surface area contributed by atoms with Crippen LogP contribution in [0.3, 0.4) is 0 Å². The molecule has 64 heavy (non-hydrogen) atoms. The number of nitrogens with zero attached hydrogens (tertiary/aromatic N) is 1. The maximum absolute atomic E-state index is 13.6. The molecular weight excluding hydrogens is 839 g/mol. The maximum atomic E-state index is 13.6. The molecule has 1 saturated heterocycles. The Morgan fingerprint density at radius 1 is 1.03 bits per heavy atom. The highest BCUT2D eigenvalue weighted by Gasteiger charge is 2.64. The van der Waals surface area contributed by atoms with E-state index in [0.717, 1.165) is 11.1 Å². The number of esters is 1. The van der Waals surface area contributed by atoms with Crippen LogP contribution in [0.5, 0.6) is 11.5 Å². The van der Waals surface area contributed by atoms with Crippen molar-refractivity contribution in [2.75, 3.05) is 13.2 Å². The van der Waals surface area contributed by atoms with Gasteiger partial charge in [0.2, 0.25) is 24.7 Å². The van der Waals surface area contributed by atoms with Crippen LogP contribution in [-0.4, -0.2) is 125 Å². The number of carboxylic acid groups (broad SMARTS) is 1. The molecule has 338 valence electrons. The molecule has 0 radical (unpaired) electrons. The second kappa shape index (κ2) is 19.0. The second-order valence-electron chi connectivity index (χ2n) is 15.5. The Kier molecular flexibility index (Phi) is 13.5. The molecule has 6 aromatic rings. The monoisotopic (exact) mass is 885 g/mol. The molecule has 8 atom stereocenters. The predicted molar refractivity (Wildman–Crippen MR) is 226 cm³/mol. The summed E-state index contributed by atoms with van der Waals surface area (Å²) in [6.07, 6.45) is -8.63. The minimum absolute atomic E-state index is 0.000371. The first-order valence-corrected chi connectivity index (χ1v) is 20.2. The number of hydrogen-bond acceptors (Lipinski definition) is 16. The Balaban J connectivity index is 1.32. The molecule has 3 aromatic heterocycles. The van der Waals surface area contributed by atoms with Gasteiger partial charge in [0.25, 0.3) is 0 Å². The van der Waals surface area contributed by atoms with Gasteiger partial charge in [0.1, 0.15) is 41.4 Å². The van der Waals surface area contributed by atoms with Gasteiger partial charge in [-0.15, -0.1) is 0 Å².